The van der Waals surface area contributed by atoms with Crippen LogP contribution in [0, 0.1) is 0 Å². The minimum absolute atomic E-state index is 0.231. The Hall–Kier alpha value is -5.36. The van der Waals surface area contributed by atoms with E-state index in [4.69, 9.17) is 9.97 Å². The monoisotopic (exact) mass is 582 g/mol. The molecule has 8 heterocycles. The van der Waals surface area contributed by atoms with Gasteiger partial charge in [-0.3, -0.25) is 19.9 Å². The van der Waals surface area contributed by atoms with Crippen molar-refractivity contribution in [3.63, 3.8) is 0 Å². The fourth-order valence-corrected chi connectivity index (χ4v) is 9.03. The van der Waals surface area contributed by atoms with E-state index < -0.39 is 5.41 Å². The molecule has 0 radical (unpaired) electrons. The zero-order valence-corrected chi connectivity index (χ0v) is 25.6. The first kappa shape index (κ1) is 25.0. The topological polar surface area (TPSA) is 58.0 Å². The van der Waals surface area contributed by atoms with E-state index in [1.54, 1.807) is 0 Å². The third-order valence-corrected chi connectivity index (χ3v) is 11.0. The van der Waals surface area contributed by atoms with Gasteiger partial charge in [0.15, 0.2) is 0 Å². The Labute approximate surface area is 262 Å². The van der Waals surface area contributed by atoms with Gasteiger partial charge in [0.2, 0.25) is 0 Å². The van der Waals surface area contributed by atoms with Crippen LogP contribution in [-0.2, 0) is 16.2 Å². The summed E-state index contributed by atoms with van der Waals surface area (Å²) in [5.41, 5.74) is 15.8. The first-order chi connectivity index (χ1) is 21.9. The molecule has 0 aliphatic carbocycles. The number of hydrogen-bond donors (Lipinski definition) is 0. The molecule has 0 bridgehead atoms. The maximum atomic E-state index is 4.74. The highest BCUT2D eigenvalue weighted by Gasteiger charge is 2.56. The van der Waals surface area contributed by atoms with Gasteiger partial charge in [0.25, 0.3) is 0 Å². The van der Waals surface area contributed by atoms with E-state index >= 15 is 0 Å². The molecule has 10 rings (SSSR count). The number of para-hydroxylation sites is 2. The van der Waals surface area contributed by atoms with Crippen molar-refractivity contribution in [2.45, 2.75) is 43.9 Å². The summed E-state index contributed by atoms with van der Waals surface area (Å²) >= 11 is 0. The molecule has 216 valence electrons. The lowest BCUT2D eigenvalue weighted by molar-refractivity contribution is 0.607. The molecule has 6 nitrogen and oxygen atoms in total. The second-order valence-electron chi connectivity index (χ2n) is 13.6. The van der Waals surface area contributed by atoms with Gasteiger partial charge in [0.05, 0.1) is 64.3 Å². The SMILES string of the molecule is CC1(C)c2ccncc2N2c3cnccc3C3(c4ccncc4N4c5cnccc5C(C)(C)c5cccc3c54)c3cccc1c32. The summed E-state index contributed by atoms with van der Waals surface area (Å²) in [6.07, 6.45) is 15.8. The lowest BCUT2D eigenvalue weighted by Crippen LogP contribution is -2.46. The van der Waals surface area contributed by atoms with E-state index in [2.05, 4.69) is 108 Å². The Morgan fingerprint density at radius 3 is 1.13 bits per heavy atom. The third kappa shape index (κ3) is 2.70. The number of rotatable bonds is 0. The number of fused-ring (bicyclic) bond motifs is 12. The van der Waals surface area contributed by atoms with Crippen molar-refractivity contribution in [1.29, 1.82) is 0 Å². The van der Waals surface area contributed by atoms with Crippen molar-refractivity contribution in [3.8, 4) is 0 Å². The van der Waals surface area contributed by atoms with Gasteiger partial charge in [0.1, 0.15) is 0 Å². The number of pyridine rings is 4. The fraction of sp³-hybridized carbons (Fsp3) is 0.179. The summed E-state index contributed by atoms with van der Waals surface area (Å²) in [4.78, 5) is 23.6. The van der Waals surface area contributed by atoms with Crippen LogP contribution in [0.5, 0.6) is 0 Å². The van der Waals surface area contributed by atoms with Crippen LogP contribution < -0.4 is 9.80 Å². The molecule has 0 N–H and O–H groups in total. The molecule has 0 saturated carbocycles. The summed E-state index contributed by atoms with van der Waals surface area (Å²) in [6, 6.07) is 22.6. The molecule has 6 aromatic rings. The van der Waals surface area contributed by atoms with E-state index in [0.717, 1.165) is 22.7 Å². The van der Waals surface area contributed by atoms with Crippen LogP contribution >= 0.6 is 0 Å². The van der Waals surface area contributed by atoms with Crippen LogP contribution in [0.4, 0.5) is 34.1 Å². The van der Waals surface area contributed by atoms with E-state index in [-0.39, 0.29) is 10.8 Å². The third-order valence-electron chi connectivity index (χ3n) is 11.0. The number of anilines is 6. The van der Waals surface area contributed by atoms with Gasteiger partial charge in [-0.1, -0.05) is 64.1 Å². The second kappa shape index (κ2) is 8.02. The molecule has 0 unspecified atom stereocenters. The smallest absolute Gasteiger partial charge is 0.0785 e. The van der Waals surface area contributed by atoms with Crippen molar-refractivity contribution < 1.29 is 0 Å². The molecule has 0 atom stereocenters. The molecular formula is C39H30N6. The number of nitrogens with zero attached hydrogens (tertiary/aromatic N) is 6. The van der Waals surface area contributed by atoms with Gasteiger partial charge in [0, 0.05) is 35.6 Å². The van der Waals surface area contributed by atoms with Gasteiger partial charge in [-0.15, -0.1) is 0 Å². The van der Waals surface area contributed by atoms with Crippen LogP contribution in [0.1, 0.15) is 72.2 Å². The molecule has 1 spiro atoms. The standard InChI is InChI=1S/C39H30N6/c1-37(2)23-11-15-40-19-31(23)44-33-21-42-17-13-25(33)39(29-9-5-7-27(37)35(29)44)26-14-18-43-22-34(26)45-32-20-41-16-12-24(32)38(3,4)28-8-6-10-30(39)36(28)45/h5-22H,1-4H3. The quantitative estimate of drug-likeness (QED) is 0.179. The molecule has 4 aliphatic rings. The highest BCUT2D eigenvalue weighted by Crippen LogP contribution is 2.68. The lowest BCUT2D eigenvalue weighted by Gasteiger charge is -2.55. The largest absolute Gasteiger partial charge is 0.306 e. The molecule has 0 saturated heterocycles. The Bertz CT molecular complexity index is 2110. The first-order valence-electron chi connectivity index (χ1n) is 15.5. The molecule has 6 heteroatoms. The minimum atomic E-state index is -0.619. The van der Waals surface area contributed by atoms with Gasteiger partial charge < -0.3 is 9.80 Å². The van der Waals surface area contributed by atoms with Crippen LogP contribution in [0.2, 0.25) is 0 Å². The Morgan fingerprint density at radius 2 is 0.733 bits per heavy atom. The van der Waals surface area contributed by atoms with Gasteiger partial charge >= 0.3 is 0 Å². The van der Waals surface area contributed by atoms with Crippen LogP contribution in [0.3, 0.4) is 0 Å². The summed E-state index contributed by atoms with van der Waals surface area (Å²) in [5.74, 6) is 0. The normalized spacial score (nSPS) is 17.8. The van der Waals surface area contributed by atoms with E-state index in [1.165, 1.54) is 55.9 Å². The second-order valence-corrected chi connectivity index (χ2v) is 13.6. The van der Waals surface area contributed by atoms with Crippen molar-refractivity contribution in [2.24, 2.45) is 0 Å². The summed E-state index contributed by atoms with van der Waals surface area (Å²) < 4.78 is 0. The molecular weight excluding hydrogens is 552 g/mol. The van der Waals surface area contributed by atoms with Crippen molar-refractivity contribution in [1.82, 2.24) is 19.9 Å². The van der Waals surface area contributed by atoms with Crippen molar-refractivity contribution in [3.05, 3.63) is 155 Å². The highest BCUT2D eigenvalue weighted by atomic mass is 15.2. The maximum Gasteiger partial charge on any atom is 0.0785 e. The average Bonchev–Trinajstić information content (AvgIpc) is 3.07. The van der Waals surface area contributed by atoms with Gasteiger partial charge in [-0.25, -0.2) is 0 Å². The molecule has 45 heavy (non-hydrogen) atoms. The Kier molecular flexibility index (Phi) is 4.46. The molecule has 2 aromatic carbocycles. The number of hydrogen-bond acceptors (Lipinski definition) is 6. The fourth-order valence-electron chi connectivity index (χ4n) is 9.03. The van der Waals surface area contributed by atoms with E-state index in [0.29, 0.717) is 0 Å². The zero-order chi connectivity index (χ0) is 30.3. The number of aromatic nitrogens is 4. The Balaban J connectivity index is 1.42. The van der Waals surface area contributed by atoms with Gasteiger partial charge in [-0.2, -0.15) is 0 Å². The number of benzene rings is 2. The van der Waals surface area contributed by atoms with Crippen molar-refractivity contribution in [2.75, 3.05) is 9.80 Å². The molecule has 0 amide bonds. The predicted molar refractivity (Wildman–Crippen MR) is 177 cm³/mol. The first-order valence-corrected chi connectivity index (χ1v) is 15.5. The predicted octanol–water partition coefficient (Wildman–Crippen LogP) is 8.49. The molecule has 4 aromatic heterocycles. The summed E-state index contributed by atoms with van der Waals surface area (Å²) in [5, 5.41) is 0. The van der Waals surface area contributed by atoms with Crippen LogP contribution in [-0.4, -0.2) is 19.9 Å². The van der Waals surface area contributed by atoms with Crippen LogP contribution in [0.25, 0.3) is 0 Å². The van der Waals surface area contributed by atoms with E-state index in [1.807, 2.05) is 49.6 Å². The lowest BCUT2D eigenvalue weighted by atomic mass is 9.57. The van der Waals surface area contributed by atoms with Crippen molar-refractivity contribution >= 4 is 34.1 Å². The summed E-state index contributed by atoms with van der Waals surface area (Å²) in [7, 11) is 0. The maximum absolute atomic E-state index is 4.74. The highest BCUT2D eigenvalue weighted by molar-refractivity contribution is 6.00. The minimum Gasteiger partial charge on any atom is -0.306 e. The molecule has 0 fully saturated rings. The zero-order valence-electron chi connectivity index (χ0n) is 25.6. The van der Waals surface area contributed by atoms with Crippen LogP contribution in [0.15, 0.2) is 110 Å². The summed E-state index contributed by atoms with van der Waals surface area (Å²) in [6.45, 7) is 9.34. The average molecular weight is 583 g/mol. The van der Waals surface area contributed by atoms with E-state index in [9.17, 15) is 0 Å². The van der Waals surface area contributed by atoms with Gasteiger partial charge in [-0.05, 0) is 68.8 Å². The Morgan fingerprint density at radius 1 is 0.400 bits per heavy atom. The molecule has 4 aliphatic heterocycles.